The molecule has 0 aromatic heterocycles. The van der Waals surface area contributed by atoms with Gasteiger partial charge in [0.1, 0.15) is 12.2 Å². The largest absolute Gasteiger partial charge is 0.465 e. The molecule has 0 spiro atoms. The van der Waals surface area contributed by atoms with Crippen LogP contribution >= 0.6 is 0 Å². The number of ether oxygens (including phenoxy) is 3. The predicted molar refractivity (Wildman–Crippen MR) is 88.0 cm³/mol. The molecular formula is C19H28O5. The summed E-state index contributed by atoms with van der Waals surface area (Å²) in [7, 11) is 0. The topological polar surface area (TPSA) is 61.8 Å². The van der Waals surface area contributed by atoms with Crippen molar-refractivity contribution in [2.75, 3.05) is 13.2 Å². The van der Waals surface area contributed by atoms with Gasteiger partial charge in [-0.05, 0) is 25.7 Å². The molecule has 6 unspecified atom stereocenters. The van der Waals surface area contributed by atoms with E-state index in [-0.39, 0.29) is 46.8 Å². The number of rotatable bonds is 5. The van der Waals surface area contributed by atoms with E-state index in [1.807, 2.05) is 6.92 Å². The van der Waals surface area contributed by atoms with Gasteiger partial charge in [0.15, 0.2) is 0 Å². The lowest BCUT2D eigenvalue weighted by molar-refractivity contribution is -0.270. The van der Waals surface area contributed by atoms with Gasteiger partial charge in [-0.3, -0.25) is 4.79 Å². The molecule has 4 rings (SSSR count). The molecule has 6 atom stereocenters. The van der Waals surface area contributed by atoms with Crippen LogP contribution in [0.1, 0.15) is 40.5 Å². The summed E-state index contributed by atoms with van der Waals surface area (Å²) in [5.74, 6) is -0.425. The molecule has 1 saturated heterocycles. The van der Waals surface area contributed by atoms with Gasteiger partial charge in [0.2, 0.25) is 0 Å². The average molecular weight is 336 g/mol. The van der Waals surface area contributed by atoms with E-state index in [2.05, 4.69) is 27.4 Å². The maximum absolute atomic E-state index is 12.6. The summed E-state index contributed by atoms with van der Waals surface area (Å²) in [5.41, 5.74) is -0.663. The Hall–Kier alpha value is -1.36. The van der Waals surface area contributed by atoms with Crippen molar-refractivity contribution in [3.63, 3.8) is 0 Å². The second kappa shape index (κ2) is 5.87. The summed E-state index contributed by atoms with van der Waals surface area (Å²) in [6.45, 7) is 12.8. The van der Waals surface area contributed by atoms with E-state index in [4.69, 9.17) is 14.2 Å². The summed E-state index contributed by atoms with van der Waals surface area (Å²) in [4.78, 5) is 24.6. The fourth-order valence-electron chi connectivity index (χ4n) is 5.58. The Morgan fingerprint density at radius 2 is 2.12 bits per heavy atom. The summed E-state index contributed by atoms with van der Waals surface area (Å²) in [5, 5.41) is 0. The first-order valence-electron chi connectivity index (χ1n) is 8.94. The van der Waals surface area contributed by atoms with Gasteiger partial charge in [0, 0.05) is 29.4 Å². The van der Waals surface area contributed by atoms with Crippen molar-refractivity contribution in [2.45, 2.75) is 52.7 Å². The minimum absolute atomic E-state index is 0.0699. The zero-order valence-corrected chi connectivity index (χ0v) is 15.0. The lowest BCUT2D eigenvalue weighted by atomic mass is 9.41. The molecule has 4 aliphatic rings. The Bertz CT molecular complexity index is 556. The van der Waals surface area contributed by atoms with Gasteiger partial charge in [-0.1, -0.05) is 27.4 Å². The molecule has 1 heterocycles. The number of fused-ring (bicyclic) bond motifs is 2. The van der Waals surface area contributed by atoms with Crippen LogP contribution in [0.4, 0.5) is 0 Å². The molecule has 2 bridgehead atoms. The molecule has 0 radical (unpaired) electrons. The second-order valence-corrected chi connectivity index (χ2v) is 7.92. The molecular weight excluding hydrogens is 308 g/mol. The van der Waals surface area contributed by atoms with Crippen molar-refractivity contribution < 1.29 is 23.8 Å². The fraction of sp³-hybridized carbons (Fsp3) is 0.789. The third-order valence-corrected chi connectivity index (χ3v) is 6.87. The third kappa shape index (κ3) is 2.10. The lowest BCUT2D eigenvalue weighted by Crippen LogP contribution is -2.71. The van der Waals surface area contributed by atoms with E-state index in [1.165, 1.54) is 6.08 Å². The van der Waals surface area contributed by atoms with Crippen molar-refractivity contribution in [1.82, 2.24) is 0 Å². The van der Waals surface area contributed by atoms with Gasteiger partial charge in [-0.2, -0.15) is 0 Å². The SMILES string of the molecule is C=CC(=O)OC1C(OCC)C2(C(C)C)CCC1(C)C1COC(=O)C12. The first kappa shape index (κ1) is 17.5. The van der Waals surface area contributed by atoms with E-state index in [1.54, 1.807) is 0 Å². The first-order chi connectivity index (χ1) is 11.3. The molecule has 0 N–H and O–H groups in total. The standard InChI is InChI=1S/C19H28O5/c1-6-13(20)24-15-16(22-7-2)19(11(3)4)9-8-18(15,5)12-10-23-17(21)14(12)19/h6,11-12,14-16H,1,7-10H2,2-5H3. The van der Waals surface area contributed by atoms with Crippen molar-refractivity contribution in [3.05, 3.63) is 12.7 Å². The van der Waals surface area contributed by atoms with Crippen molar-refractivity contribution in [1.29, 1.82) is 0 Å². The van der Waals surface area contributed by atoms with Gasteiger partial charge < -0.3 is 14.2 Å². The van der Waals surface area contributed by atoms with Crippen LogP contribution in [-0.4, -0.2) is 37.4 Å². The molecule has 0 amide bonds. The Labute approximate surface area is 143 Å². The van der Waals surface area contributed by atoms with Crippen LogP contribution in [0, 0.1) is 28.6 Å². The smallest absolute Gasteiger partial charge is 0.330 e. The van der Waals surface area contributed by atoms with Crippen LogP contribution in [0.25, 0.3) is 0 Å². The molecule has 0 aromatic carbocycles. The molecule has 134 valence electrons. The highest BCUT2D eigenvalue weighted by atomic mass is 16.6. The molecule has 24 heavy (non-hydrogen) atoms. The van der Waals surface area contributed by atoms with Gasteiger partial charge >= 0.3 is 11.9 Å². The Morgan fingerprint density at radius 3 is 2.71 bits per heavy atom. The zero-order chi connectivity index (χ0) is 17.7. The predicted octanol–water partition coefficient (Wildman–Crippen LogP) is 2.73. The minimum atomic E-state index is -0.431. The van der Waals surface area contributed by atoms with E-state index >= 15 is 0 Å². The van der Waals surface area contributed by atoms with E-state index < -0.39 is 5.97 Å². The maximum atomic E-state index is 12.6. The lowest BCUT2D eigenvalue weighted by Gasteiger charge is -2.65. The molecule has 3 aliphatic carbocycles. The number of carbonyl (C=O) groups is 2. The summed E-state index contributed by atoms with van der Waals surface area (Å²) >= 11 is 0. The second-order valence-electron chi connectivity index (χ2n) is 7.92. The van der Waals surface area contributed by atoms with E-state index in [9.17, 15) is 9.59 Å². The summed E-state index contributed by atoms with van der Waals surface area (Å²) < 4.78 is 17.4. The van der Waals surface area contributed by atoms with Gasteiger partial charge in [0.05, 0.1) is 12.5 Å². The van der Waals surface area contributed by atoms with Gasteiger partial charge in [0.25, 0.3) is 0 Å². The van der Waals surface area contributed by atoms with Crippen molar-refractivity contribution in [2.24, 2.45) is 28.6 Å². The van der Waals surface area contributed by atoms with Crippen LogP contribution < -0.4 is 0 Å². The van der Waals surface area contributed by atoms with Crippen molar-refractivity contribution >= 4 is 11.9 Å². The first-order valence-corrected chi connectivity index (χ1v) is 8.94. The highest BCUT2D eigenvalue weighted by molar-refractivity contribution is 5.81. The van der Waals surface area contributed by atoms with Gasteiger partial charge in [-0.25, -0.2) is 4.79 Å². The normalized spacial score (nSPS) is 43.5. The van der Waals surface area contributed by atoms with Crippen LogP contribution in [0.15, 0.2) is 12.7 Å². The number of cyclic esters (lactones) is 1. The van der Waals surface area contributed by atoms with Crippen LogP contribution in [0.3, 0.4) is 0 Å². The molecule has 3 saturated carbocycles. The molecule has 0 aromatic rings. The number of carbonyl (C=O) groups excluding carboxylic acids is 2. The maximum Gasteiger partial charge on any atom is 0.330 e. The molecule has 5 heteroatoms. The Balaban J connectivity index is 2.12. The highest BCUT2D eigenvalue weighted by Gasteiger charge is 2.73. The Kier molecular flexibility index (Phi) is 4.27. The van der Waals surface area contributed by atoms with Crippen LogP contribution in [0.2, 0.25) is 0 Å². The third-order valence-electron chi connectivity index (χ3n) is 6.87. The number of hydrogen-bond acceptors (Lipinski definition) is 5. The van der Waals surface area contributed by atoms with E-state index in [0.717, 1.165) is 12.8 Å². The zero-order valence-electron chi connectivity index (χ0n) is 15.0. The molecule has 4 fully saturated rings. The summed E-state index contributed by atoms with van der Waals surface area (Å²) in [6, 6.07) is 0. The summed E-state index contributed by atoms with van der Waals surface area (Å²) in [6.07, 6.45) is 2.32. The number of esters is 2. The minimum Gasteiger partial charge on any atom is -0.465 e. The molecule has 1 aliphatic heterocycles. The monoisotopic (exact) mass is 336 g/mol. The highest BCUT2D eigenvalue weighted by Crippen LogP contribution is 2.68. The van der Waals surface area contributed by atoms with Crippen LogP contribution in [0.5, 0.6) is 0 Å². The van der Waals surface area contributed by atoms with E-state index in [0.29, 0.717) is 13.2 Å². The van der Waals surface area contributed by atoms with Crippen LogP contribution in [-0.2, 0) is 23.8 Å². The van der Waals surface area contributed by atoms with Crippen molar-refractivity contribution in [3.8, 4) is 0 Å². The van der Waals surface area contributed by atoms with Gasteiger partial charge in [-0.15, -0.1) is 0 Å². The number of hydrogen-bond donors (Lipinski definition) is 0. The molecule has 5 nitrogen and oxygen atoms in total. The quantitative estimate of drug-likeness (QED) is 0.571. The average Bonchev–Trinajstić information content (AvgIpc) is 2.95. The Morgan fingerprint density at radius 1 is 1.42 bits per heavy atom. The fourth-order valence-corrected chi connectivity index (χ4v) is 5.58.